The molecule has 1 unspecified atom stereocenters. The minimum absolute atomic E-state index is 0.108. The zero-order valence-corrected chi connectivity index (χ0v) is 13.0. The Morgan fingerprint density at radius 1 is 1.11 bits per heavy atom. The topological polar surface area (TPSA) is 53.3 Å². The molecule has 18 heavy (non-hydrogen) atoms. The fraction of sp³-hybridized carbons (Fsp3) is 0.818. The van der Waals surface area contributed by atoms with E-state index in [1.165, 1.54) is 25.7 Å². The van der Waals surface area contributed by atoms with E-state index in [-0.39, 0.29) is 5.50 Å². The molecule has 7 heteroatoms. The second-order valence-electron chi connectivity index (χ2n) is 4.38. The maximum atomic E-state index is 5.45. The van der Waals surface area contributed by atoms with Crippen molar-refractivity contribution in [1.82, 2.24) is 15.5 Å². The average Bonchev–Trinajstić information content (AvgIpc) is 2.30. The van der Waals surface area contributed by atoms with E-state index in [0.29, 0.717) is 10.2 Å². The van der Waals surface area contributed by atoms with Gasteiger partial charge in [-0.3, -0.25) is 0 Å². The third-order valence-corrected chi connectivity index (χ3v) is 3.85. The van der Waals surface area contributed by atoms with Crippen LogP contribution in [0.2, 0.25) is 0 Å². The summed E-state index contributed by atoms with van der Waals surface area (Å²) >= 11 is 14.7. The Morgan fingerprint density at radius 2 is 1.72 bits per heavy atom. The maximum Gasteiger partial charge on any atom is 0.177 e. The fourth-order valence-electron chi connectivity index (χ4n) is 1.87. The SMILES string of the molecule is NCCCCCCCCN1C(=S)NC(=S)NC1S. The van der Waals surface area contributed by atoms with Gasteiger partial charge in [-0.15, -0.1) is 12.6 Å². The van der Waals surface area contributed by atoms with Gasteiger partial charge in [0.05, 0.1) is 0 Å². The second-order valence-corrected chi connectivity index (χ2v) is 5.66. The highest BCUT2D eigenvalue weighted by Crippen LogP contribution is 2.10. The quantitative estimate of drug-likeness (QED) is 0.310. The first-order valence-electron chi connectivity index (χ1n) is 6.41. The highest BCUT2D eigenvalue weighted by molar-refractivity contribution is 7.83. The van der Waals surface area contributed by atoms with Gasteiger partial charge in [-0.25, -0.2) is 0 Å². The van der Waals surface area contributed by atoms with Crippen molar-refractivity contribution in [2.24, 2.45) is 5.73 Å². The maximum absolute atomic E-state index is 5.45. The van der Waals surface area contributed by atoms with Crippen LogP contribution < -0.4 is 16.4 Å². The van der Waals surface area contributed by atoms with E-state index in [2.05, 4.69) is 23.3 Å². The largest absolute Gasteiger partial charge is 0.334 e. The van der Waals surface area contributed by atoms with Crippen molar-refractivity contribution in [3.05, 3.63) is 0 Å². The van der Waals surface area contributed by atoms with Crippen LogP contribution in [0.25, 0.3) is 0 Å². The van der Waals surface area contributed by atoms with Crippen LogP contribution in [0.1, 0.15) is 38.5 Å². The summed E-state index contributed by atoms with van der Waals surface area (Å²) in [5.41, 5.74) is 5.35. The summed E-state index contributed by atoms with van der Waals surface area (Å²) in [4.78, 5) is 2.02. The van der Waals surface area contributed by atoms with Gasteiger partial charge in [-0.05, 0) is 43.8 Å². The summed E-state index contributed by atoms with van der Waals surface area (Å²) in [6.45, 7) is 1.72. The zero-order valence-electron chi connectivity index (χ0n) is 10.5. The minimum Gasteiger partial charge on any atom is -0.334 e. The van der Waals surface area contributed by atoms with Gasteiger partial charge >= 0.3 is 0 Å². The number of nitrogens with zero attached hydrogens (tertiary/aromatic N) is 1. The van der Waals surface area contributed by atoms with E-state index in [0.717, 1.165) is 25.9 Å². The van der Waals surface area contributed by atoms with E-state index in [1.807, 2.05) is 4.90 Å². The van der Waals surface area contributed by atoms with Crippen LogP contribution in [0.4, 0.5) is 0 Å². The van der Waals surface area contributed by atoms with Crippen LogP contribution in [0.3, 0.4) is 0 Å². The standard InChI is InChI=1S/C11H22N4S3/c12-7-5-3-1-2-4-6-8-15-10(17)13-9(16)14-11(15)18/h10,17H,1-8,12H2,(H2,13,14,16,18). The molecule has 1 heterocycles. The van der Waals surface area contributed by atoms with Crippen LogP contribution in [-0.2, 0) is 0 Å². The van der Waals surface area contributed by atoms with Crippen molar-refractivity contribution in [2.45, 2.75) is 44.0 Å². The molecule has 1 aliphatic rings. The summed E-state index contributed by atoms with van der Waals surface area (Å²) in [6.07, 6.45) is 7.25. The first kappa shape index (κ1) is 15.9. The van der Waals surface area contributed by atoms with Crippen LogP contribution in [0.5, 0.6) is 0 Å². The van der Waals surface area contributed by atoms with Gasteiger partial charge in [-0.2, -0.15) is 0 Å². The zero-order chi connectivity index (χ0) is 13.4. The molecular weight excluding hydrogens is 284 g/mol. The van der Waals surface area contributed by atoms with Gasteiger partial charge in [0.25, 0.3) is 0 Å². The Balaban J connectivity index is 2.11. The monoisotopic (exact) mass is 306 g/mol. The molecule has 104 valence electrons. The summed E-state index contributed by atoms with van der Waals surface area (Å²) in [7, 11) is 0. The number of thiol groups is 1. The molecule has 0 aromatic heterocycles. The van der Waals surface area contributed by atoms with Gasteiger partial charge in [0.2, 0.25) is 0 Å². The van der Waals surface area contributed by atoms with Crippen molar-refractivity contribution < 1.29 is 0 Å². The van der Waals surface area contributed by atoms with Crippen molar-refractivity contribution in [3.63, 3.8) is 0 Å². The predicted octanol–water partition coefficient (Wildman–Crippen LogP) is 1.56. The normalized spacial score (nSPS) is 19.7. The number of thiocarbonyl (C=S) groups is 2. The number of rotatable bonds is 8. The highest BCUT2D eigenvalue weighted by Gasteiger charge is 2.23. The lowest BCUT2D eigenvalue weighted by atomic mass is 10.1. The Labute approximate surface area is 125 Å². The Morgan fingerprint density at radius 3 is 2.33 bits per heavy atom. The molecule has 0 radical (unpaired) electrons. The molecule has 0 amide bonds. The first-order chi connectivity index (χ1) is 8.65. The van der Waals surface area contributed by atoms with Crippen LogP contribution in [0, 0.1) is 0 Å². The highest BCUT2D eigenvalue weighted by atomic mass is 32.1. The molecule has 0 aliphatic carbocycles. The molecule has 4 nitrogen and oxygen atoms in total. The molecule has 0 bridgehead atoms. The lowest BCUT2D eigenvalue weighted by Gasteiger charge is -2.36. The van der Waals surface area contributed by atoms with Gasteiger partial charge in [0, 0.05) is 6.54 Å². The van der Waals surface area contributed by atoms with Crippen molar-refractivity contribution in [1.29, 1.82) is 0 Å². The lowest BCUT2D eigenvalue weighted by Crippen LogP contribution is -2.61. The summed E-state index contributed by atoms with van der Waals surface area (Å²) in [6, 6.07) is 0. The third-order valence-electron chi connectivity index (χ3n) is 2.89. The Kier molecular flexibility index (Phi) is 7.88. The molecule has 0 aromatic carbocycles. The molecule has 1 atom stereocenters. The lowest BCUT2D eigenvalue weighted by molar-refractivity contribution is 0.354. The molecule has 0 saturated carbocycles. The molecule has 4 N–H and O–H groups in total. The van der Waals surface area contributed by atoms with Crippen molar-refractivity contribution in [2.75, 3.05) is 13.1 Å². The fourth-order valence-corrected chi connectivity index (χ4v) is 2.97. The number of hydrogen-bond acceptors (Lipinski definition) is 4. The summed E-state index contributed by atoms with van der Waals surface area (Å²) < 4.78 is 0. The predicted molar refractivity (Wildman–Crippen MR) is 87.7 cm³/mol. The molecule has 1 rings (SSSR count). The number of nitrogens with one attached hydrogen (secondary N) is 2. The van der Waals surface area contributed by atoms with Crippen molar-refractivity contribution in [3.8, 4) is 0 Å². The van der Waals surface area contributed by atoms with Gasteiger partial charge in [0.1, 0.15) is 5.50 Å². The van der Waals surface area contributed by atoms with E-state index in [4.69, 9.17) is 30.2 Å². The van der Waals surface area contributed by atoms with Gasteiger partial charge < -0.3 is 21.3 Å². The molecule has 0 spiro atoms. The van der Waals surface area contributed by atoms with E-state index >= 15 is 0 Å². The second kappa shape index (κ2) is 8.90. The van der Waals surface area contributed by atoms with Crippen LogP contribution in [0.15, 0.2) is 0 Å². The Hall–Kier alpha value is -0.110. The third kappa shape index (κ3) is 5.69. The molecule has 1 aliphatic heterocycles. The number of hydrogen-bond donors (Lipinski definition) is 4. The number of unbranched alkanes of at least 4 members (excludes halogenated alkanes) is 5. The molecule has 1 fully saturated rings. The Bertz CT molecular complexity index is 285. The van der Waals surface area contributed by atoms with Crippen LogP contribution in [-0.4, -0.2) is 33.7 Å². The van der Waals surface area contributed by atoms with E-state index in [1.54, 1.807) is 0 Å². The molecule has 1 saturated heterocycles. The average molecular weight is 307 g/mol. The van der Waals surface area contributed by atoms with Crippen LogP contribution >= 0.6 is 37.1 Å². The smallest absolute Gasteiger partial charge is 0.177 e. The van der Waals surface area contributed by atoms with Gasteiger partial charge in [-0.1, -0.05) is 25.7 Å². The number of nitrogens with two attached hydrogens (primary N) is 1. The summed E-state index contributed by atoms with van der Waals surface area (Å²) in [5.74, 6) is 0. The minimum atomic E-state index is -0.108. The molecular formula is C11H22N4S3. The van der Waals surface area contributed by atoms with E-state index in [9.17, 15) is 0 Å². The van der Waals surface area contributed by atoms with Gasteiger partial charge in [0.15, 0.2) is 10.2 Å². The summed E-state index contributed by atoms with van der Waals surface area (Å²) in [5, 5.41) is 7.20. The first-order valence-corrected chi connectivity index (χ1v) is 7.74. The van der Waals surface area contributed by atoms with E-state index < -0.39 is 0 Å². The molecule has 0 aromatic rings. The van der Waals surface area contributed by atoms with Crippen molar-refractivity contribution >= 4 is 47.3 Å².